The zero-order chi connectivity index (χ0) is 22.6. The lowest BCUT2D eigenvalue weighted by molar-refractivity contribution is 0.572. The molecule has 0 fully saturated rings. The van der Waals surface area contributed by atoms with Gasteiger partial charge < -0.3 is 9.40 Å². The third-order valence-electron chi connectivity index (χ3n) is 5.94. The van der Waals surface area contributed by atoms with Crippen LogP contribution in [0.2, 0.25) is 0 Å². The molecule has 1 N–H and O–H groups in total. The number of nitrogens with one attached hydrogen (secondary N) is 1. The van der Waals surface area contributed by atoms with Crippen molar-refractivity contribution in [3.8, 4) is 17.4 Å². The van der Waals surface area contributed by atoms with Gasteiger partial charge in [-0.15, -0.1) is 0 Å². The van der Waals surface area contributed by atoms with Crippen LogP contribution in [0.3, 0.4) is 0 Å². The van der Waals surface area contributed by atoms with E-state index in [0.717, 1.165) is 33.2 Å². The molecule has 3 heterocycles. The third-order valence-corrected chi connectivity index (χ3v) is 5.94. The van der Waals surface area contributed by atoms with Crippen molar-refractivity contribution in [3.63, 3.8) is 0 Å². The Hall–Kier alpha value is -4.31. The average Bonchev–Trinajstić information content (AvgIpc) is 3.47. The lowest BCUT2D eigenvalue weighted by Gasteiger charge is -2.00. The number of rotatable bonds is 3. The number of aryl methyl sites for hydroxylation is 4. The SMILES string of the molecule is Cc1cc2nc(/C(C#N)=C/c3ccc(-c4ccc5c(c4)n(C)c(=O)n5C)o3)[nH]c2cc1C. The van der Waals surface area contributed by atoms with E-state index in [0.29, 0.717) is 22.9 Å². The molecular weight excluding hydrogens is 402 g/mol. The summed E-state index contributed by atoms with van der Waals surface area (Å²) >= 11 is 0. The number of furan rings is 1. The summed E-state index contributed by atoms with van der Waals surface area (Å²) in [6.07, 6.45) is 1.68. The van der Waals surface area contributed by atoms with E-state index in [4.69, 9.17) is 4.42 Å². The number of imidazole rings is 2. The molecule has 0 amide bonds. The molecule has 5 aromatic rings. The highest BCUT2D eigenvalue weighted by Crippen LogP contribution is 2.28. The van der Waals surface area contributed by atoms with Gasteiger partial charge in [-0.1, -0.05) is 0 Å². The molecule has 0 saturated carbocycles. The number of benzene rings is 2. The number of allylic oxidation sites excluding steroid dienone is 1. The Morgan fingerprint density at radius 1 is 1.06 bits per heavy atom. The average molecular weight is 423 g/mol. The molecule has 7 nitrogen and oxygen atoms in total. The molecule has 0 unspecified atom stereocenters. The number of hydrogen-bond acceptors (Lipinski definition) is 4. The predicted octanol–water partition coefficient (Wildman–Crippen LogP) is 4.69. The molecule has 0 spiro atoms. The van der Waals surface area contributed by atoms with E-state index in [1.165, 1.54) is 5.56 Å². The second kappa shape index (κ2) is 7.13. The van der Waals surface area contributed by atoms with Gasteiger partial charge in [-0.2, -0.15) is 5.26 Å². The van der Waals surface area contributed by atoms with Gasteiger partial charge in [0.1, 0.15) is 23.4 Å². The largest absolute Gasteiger partial charge is 0.457 e. The minimum Gasteiger partial charge on any atom is -0.457 e. The Morgan fingerprint density at radius 2 is 1.81 bits per heavy atom. The van der Waals surface area contributed by atoms with E-state index >= 15 is 0 Å². The summed E-state index contributed by atoms with van der Waals surface area (Å²) in [6, 6.07) is 15.7. The van der Waals surface area contributed by atoms with Gasteiger partial charge in [0.2, 0.25) is 0 Å². The number of aromatic nitrogens is 4. The molecule has 0 saturated heterocycles. The Balaban J connectivity index is 1.52. The van der Waals surface area contributed by atoms with Gasteiger partial charge in [0.25, 0.3) is 0 Å². The highest BCUT2D eigenvalue weighted by Gasteiger charge is 2.13. The number of H-pyrrole nitrogens is 1. The summed E-state index contributed by atoms with van der Waals surface area (Å²) in [5.74, 6) is 1.71. The molecule has 3 aromatic heterocycles. The summed E-state index contributed by atoms with van der Waals surface area (Å²) in [5.41, 5.74) is 6.89. The van der Waals surface area contributed by atoms with E-state index in [-0.39, 0.29) is 5.69 Å². The van der Waals surface area contributed by atoms with Gasteiger partial charge in [-0.05, 0) is 67.4 Å². The highest BCUT2D eigenvalue weighted by molar-refractivity contribution is 5.90. The van der Waals surface area contributed by atoms with Crippen LogP contribution in [0.25, 0.3) is 45.0 Å². The molecule has 0 aliphatic heterocycles. The number of nitriles is 1. The second-order valence-corrected chi connectivity index (χ2v) is 8.01. The molecule has 158 valence electrons. The fourth-order valence-electron chi connectivity index (χ4n) is 3.94. The maximum Gasteiger partial charge on any atom is 0.328 e. The molecule has 7 heteroatoms. The fourth-order valence-corrected chi connectivity index (χ4v) is 3.94. The van der Waals surface area contributed by atoms with E-state index in [2.05, 4.69) is 16.0 Å². The Bertz CT molecular complexity index is 1610. The van der Waals surface area contributed by atoms with Gasteiger partial charge in [0.15, 0.2) is 0 Å². The first-order valence-corrected chi connectivity index (χ1v) is 10.2. The van der Waals surface area contributed by atoms with Crippen LogP contribution in [0.1, 0.15) is 22.7 Å². The first-order valence-electron chi connectivity index (χ1n) is 10.2. The monoisotopic (exact) mass is 423 g/mol. The summed E-state index contributed by atoms with van der Waals surface area (Å²) in [6.45, 7) is 4.09. The molecule has 32 heavy (non-hydrogen) atoms. The second-order valence-electron chi connectivity index (χ2n) is 8.01. The van der Waals surface area contributed by atoms with Gasteiger partial charge >= 0.3 is 5.69 Å². The number of fused-ring (bicyclic) bond motifs is 2. The fraction of sp³-hybridized carbons (Fsp3) is 0.160. The van der Waals surface area contributed by atoms with Crippen molar-refractivity contribution in [2.45, 2.75) is 13.8 Å². The normalized spacial score (nSPS) is 12.0. The van der Waals surface area contributed by atoms with Crippen LogP contribution in [0, 0.1) is 25.2 Å². The van der Waals surface area contributed by atoms with Crippen LogP contribution >= 0.6 is 0 Å². The molecule has 0 radical (unpaired) electrons. The maximum atomic E-state index is 12.2. The van der Waals surface area contributed by atoms with Crippen LogP contribution in [0.5, 0.6) is 0 Å². The van der Waals surface area contributed by atoms with Crippen LogP contribution in [0.15, 0.2) is 51.7 Å². The molecule has 0 bridgehead atoms. The van der Waals surface area contributed by atoms with Crippen molar-refractivity contribution in [1.82, 2.24) is 19.1 Å². The zero-order valence-corrected chi connectivity index (χ0v) is 18.2. The lowest BCUT2D eigenvalue weighted by Crippen LogP contribution is -2.19. The van der Waals surface area contributed by atoms with E-state index in [9.17, 15) is 10.1 Å². The number of hydrogen-bond donors (Lipinski definition) is 1. The molecule has 0 aliphatic carbocycles. The Kier molecular flexibility index (Phi) is 4.38. The lowest BCUT2D eigenvalue weighted by atomic mass is 10.1. The van der Waals surface area contributed by atoms with Crippen molar-refractivity contribution in [1.29, 1.82) is 5.26 Å². The Labute approximate surface area is 183 Å². The van der Waals surface area contributed by atoms with E-state index < -0.39 is 0 Å². The van der Waals surface area contributed by atoms with Crippen molar-refractivity contribution >= 4 is 33.7 Å². The maximum absolute atomic E-state index is 12.2. The van der Waals surface area contributed by atoms with Crippen LogP contribution in [0.4, 0.5) is 0 Å². The van der Waals surface area contributed by atoms with Gasteiger partial charge in [-0.25, -0.2) is 9.78 Å². The quantitative estimate of drug-likeness (QED) is 0.426. The topological polar surface area (TPSA) is 92.5 Å². The first-order chi connectivity index (χ1) is 15.4. The molecule has 5 rings (SSSR count). The standard InChI is InChI=1S/C25H21N5O2/c1-14-9-19-20(10-15(14)2)28-24(27-19)17(13-26)11-18-6-8-23(32-18)16-5-7-21-22(12-16)30(4)25(31)29(21)3/h5-12H,1-4H3,(H,27,28)/b17-11+. The van der Waals surface area contributed by atoms with Gasteiger partial charge in [0, 0.05) is 25.7 Å². The van der Waals surface area contributed by atoms with Crippen molar-refractivity contribution in [2.75, 3.05) is 0 Å². The zero-order valence-electron chi connectivity index (χ0n) is 18.2. The molecule has 2 aromatic carbocycles. The first kappa shape index (κ1) is 19.6. The summed E-state index contributed by atoms with van der Waals surface area (Å²) in [7, 11) is 3.50. The van der Waals surface area contributed by atoms with Gasteiger partial charge in [-0.3, -0.25) is 9.13 Å². The third kappa shape index (κ3) is 3.05. The molecular formula is C25H21N5O2. The van der Waals surface area contributed by atoms with Crippen molar-refractivity contribution < 1.29 is 4.42 Å². The van der Waals surface area contributed by atoms with Crippen LogP contribution in [-0.2, 0) is 14.1 Å². The van der Waals surface area contributed by atoms with Gasteiger partial charge in [0.05, 0.1) is 27.6 Å². The van der Waals surface area contributed by atoms with E-state index in [1.54, 1.807) is 29.3 Å². The van der Waals surface area contributed by atoms with Crippen molar-refractivity contribution in [3.05, 3.63) is 75.7 Å². The smallest absolute Gasteiger partial charge is 0.328 e. The summed E-state index contributed by atoms with van der Waals surface area (Å²) < 4.78 is 9.23. The molecule has 0 atom stereocenters. The van der Waals surface area contributed by atoms with E-state index in [1.807, 2.05) is 56.3 Å². The minimum absolute atomic E-state index is 0.0740. The summed E-state index contributed by atoms with van der Waals surface area (Å²) in [5, 5.41) is 9.72. The minimum atomic E-state index is -0.0740. The van der Waals surface area contributed by atoms with Crippen molar-refractivity contribution in [2.24, 2.45) is 14.1 Å². The molecule has 0 aliphatic rings. The highest BCUT2D eigenvalue weighted by atomic mass is 16.3. The summed E-state index contributed by atoms with van der Waals surface area (Å²) in [4.78, 5) is 20.0. The van der Waals surface area contributed by atoms with Crippen LogP contribution < -0.4 is 5.69 Å². The number of nitrogens with zero attached hydrogens (tertiary/aromatic N) is 4. The van der Waals surface area contributed by atoms with Crippen LogP contribution in [-0.4, -0.2) is 19.1 Å². The Morgan fingerprint density at radius 3 is 2.59 bits per heavy atom. The number of aromatic amines is 1. The predicted molar refractivity (Wildman–Crippen MR) is 125 cm³/mol.